The normalized spacial score (nSPS) is 20.8. The van der Waals surface area contributed by atoms with Crippen LogP contribution in [0.25, 0.3) is 0 Å². The van der Waals surface area contributed by atoms with E-state index in [9.17, 15) is 9.90 Å². The molecule has 12 heteroatoms. The zero-order valence-electron chi connectivity index (χ0n) is 21.4. The van der Waals surface area contributed by atoms with Crippen molar-refractivity contribution in [3.63, 3.8) is 0 Å². The molecule has 12 nitrogen and oxygen atoms in total. The first-order valence-corrected chi connectivity index (χ1v) is 12.7. The third-order valence-electron chi connectivity index (χ3n) is 6.17. The van der Waals surface area contributed by atoms with Crippen LogP contribution in [0.1, 0.15) is 58.1 Å². The number of amidine groups is 1. The van der Waals surface area contributed by atoms with E-state index in [-0.39, 0.29) is 18.0 Å². The lowest BCUT2D eigenvalue weighted by Gasteiger charge is -2.30. The number of carbonyl (C=O) groups is 1. The number of rotatable bonds is 8. The van der Waals surface area contributed by atoms with Gasteiger partial charge in [-0.25, -0.2) is 24.9 Å². The number of carboxylic acids is 1. The number of aliphatic carboxylic acids is 1. The highest BCUT2D eigenvalue weighted by molar-refractivity contribution is 6.03. The Morgan fingerprint density at radius 1 is 1.27 bits per heavy atom. The molecule has 2 unspecified atom stereocenters. The highest BCUT2D eigenvalue weighted by Gasteiger charge is 2.26. The Balaban J connectivity index is 1.43. The fourth-order valence-corrected chi connectivity index (χ4v) is 4.21. The zero-order valence-corrected chi connectivity index (χ0v) is 21.4. The fraction of sp³-hybridized carbons (Fsp3) is 0.520. The minimum atomic E-state index is -0.945. The fourth-order valence-electron chi connectivity index (χ4n) is 4.21. The van der Waals surface area contributed by atoms with E-state index in [4.69, 9.17) is 14.6 Å². The van der Waals surface area contributed by atoms with Crippen LogP contribution in [0.3, 0.4) is 0 Å². The van der Waals surface area contributed by atoms with Gasteiger partial charge in [-0.05, 0) is 58.2 Å². The minimum Gasteiger partial charge on any atom is -0.488 e. The maximum Gasteiger partial charge on any atom is 0.312 e. The molecule has 0 amide bonds. The van der Waals surface area contributed by atoms with Crippen molar-refractivity contribution in [3.05, 3.63) is 36.3 Å². The predicted molar refractivity (Wildman–Crippen MR) is 139 cm³/mol. The molecular weight excluding hydrogens is 476 g/mol. The van der Waals surface area contributed by atoms with Gasteiger partial charge in [0.05, 0.1) is 30.3 Å². The molecule has 4 heterocycles. The van der Waals surface area contributed by atoms with E-state index < -0.39 is 11.9 Å². The van der Waals surface area contributed by atoms with Crippen molar-refractivity contribution < 1.29 is 19.5 Å². The number of nitrogens with zero attached hydrogens (tertiary/aromatic N) is 6. The van der Waals surface area contributed by atoms with E-state index in [0.29, 0.717) is 36.3 Å². The lowest BCUT2D eigenvalue weighted by atomic mass is 10.1. The van der Waals surface area contributed by atoms with Gasteiger partial charge in [-0.1, -0.05) is 0 Å². The monoisotopic (exact) mass is 510 g/mol. The van der Waals surface area contributed by atoms with Crippen LogP contribution in [0, 0.1) is 0 Å². The van der Waals surface area contributed by atoms with Gasteiger partial charge in [-0.2, -0.15) is 0 Å². The number of aromatic nitrogens is 3. The number of carboxylic acid groups (broad SMARTS) is 1. The van der Waals surface area contributed by atoms with Crippen LogP contribution in [-0.4, -0.2) is 74.5 Å². The summed E-state index contributed by atoms with van der Waals surface area (Å²) in [5, 5.41) is 12.4. The number of likely N-dealkylation sites (tertiary alicyclic amines) is 1. The third-order valence-corrected chi connectivity index (χ3v) is 6.17. The number of hydrogen-bond acceptors (Lipinski definition) is 11. The van der Waals surface area contributed by atoms with Gasteiger partial charge in [0, 0.05) is 31.9 Å². The lowest BCUT2D eigenvalue weighted by molar-refractivity contribution is -0.138. The minimum absolute atomic E-state index is 0.0179. The lowest BCUT2D eigenvalue weighted by Crippen LogP contribution is -2.45. The van der Waals surface area contributed by atoms with Gasteiger partial charge in [0.2, 0.25) is 11.9 Å². The molecule has 0 radical (unpaired) electrons. The summed E-state index contributed by atoms with van der Waals surface area (Å²) in [5.74, 6) is 0.945. The van der Waals surface area contributed by atoms with E-state index >= 15 is 0 Å². The predicted octanol–water partition coefficient (Wildman–Crippen LogP) is 2.86. The molecule has 3 N–H and O–H groups in total. The summed E-state index contributed by atoms with van der Waals surface area (Å²) in [6, 6.07) is 5.34. The van der Waals surface area contributed by atoms with Gasteiger partial charge < -0.3 is 19.6 Å². The van der Waals surface area contributed by atoms with Gasteiger partial charge in [0.15, 0.2) is 5.75 Å². The molecule has 1 saturated heterocycles. The van der Waals surface area contributed by atoms with Crippen LogP contribution in [0.15, 0.2) is 40.6 Å². The zero-order chi connectivity index (χ0) is 26.2. The Labute approximate surface area is 216 Å². The first-order valence-electron chi connectivity index (χ1n) is 12.7. The molecule has 0 aromatic carbocycles. The molecule has 198 valence electrons. The summed E-state index contributed by atoms with van der Waals surface area (Å²) < 4.78 is 5.61. The molecule has 3 atom stereocenters. The molecule has 0 saturated carbocycles. The maximum absolute atomic E-state index is 11.3. The second-order valence-electron chi connectivity index (χ2n) is 9.12. The van der Waals surface area contributed by atoms with E-state index in [1.807, 2.05) is 26.0 Å². The van der Waals surface area contributed by atoms with Crippen molar-refractivity contribution in [1.82, 2.24) is 25.3 Å². The van der Waals surface area contributed by atoms with E-state index in [0.717, 1.165) is 38.2 Å². The van der Waals surface area contributed by atoms with Crippen molar-refractivity contribution in [1.29, 1.82) is 0 Å². The molecule has 2 aliphatic heterocycles. The van der Waals surface area contributed by atoms with Crippen molar-refractivity contribution in [2.45, 2.75) is 64.5 Å². The van der Waals surface area contributed by atoms with Gasteiger partial charge in [0.1, 0.15) is 5.84 Å². The molecule has 1 fully saturated rings. The van der Waals surface area contributed by atoms with E-state index in [1.165, 1.54) is 6.20 Å². The van der Waals surface area contributed by atoms with Crippen LogP contribution in [-0.2, 0) is 4.79 Å². The van der Waals surface area contributed by atoms with Crippen LogP contribution >= 0.6 is 0 Å². The highest BCUT2D eigenvalue weighted by atomic mass is 16.7. The van der Waals surface area contributed by atoms with Gasteiger partial charge in [0.25, 0.3) is 5.88 Å². The molecule has 0 spiro atoms. The number of anilines is 1. The summed E-state index contributed by atoms with van der Waals surface area (Å²) >= 11 is 0. The van der Waals surface area contributed by atoms with E-state index in [1.54, 1.807) is 19.2 Å². The number of nitrogens with one attached hydrogen (secondary N) is 2. The largest absolute Gasteiger partial charge is 0.488 e. The van der Waals surface area contributed by atoms with Crippen LogP contribution in [0.2, 0.25) is 0 Å². The van der Waals surface area contributed by atoms with Crippen LogP contribution in [0.4, 0.5) is 5.95 Å². The van der Waals surface area contributed by atoms with Crippen molar-refractivity contribution in [2.75, 3.05) is 25.0 Å². The molecule has 4 rings (SSSR count). The van der Waals surface area contributed by atoms with E-state index in [2.05, 4.69) is 35.6 Å². The average Bonchev–Trinajstić information content (AvgIpc) is 3.13. The quantitative estimate of drug-likeness (QED) is 0.453. The third kappa shape index (κ3) is 7.13. The Morgan fingerprint density at radius 2 is 2.14 bits per heavy atom. The van der Waals surface area contributed by atoms with Crippen LogP contribution < -0.4 is 20.4 Å². The first-order chi connectivity index (χ1) is 17.9. The number of guanidine groups is 1. The highest BCUT2D eigenvalue weighted by Crippen LogP contribution is 2.23. The van der Waals surface area contributed by atoms with Gasteiger partial charge >= 0.3 is 5.97 Å². The summed E-state index contributed by atoms with van der Waals surface area (Å²) in [5.41, 5.74) is 3.60. The first kappa shape index (κ1) is 26.3. The molecule has 37 heavy (non-hydrogen) atoms. The average molecular weight is 511 g/mol. The topological polar surface area (TPSA) is 146 Å². The summed E-state index contributed by atoms with van der Waals surface area (Å²) in [7, 11) is 0. The summed E-state index contributed by atoms with van der Waals surface area (Å²) in [4.78, 5) is 41.7. The SMILES string of the molecule is CCOc1cccnc1ON[C@@H]1CCCCN(C2=NC(Nc3nccc(C(C)C(=O)O)n3)=NC(C)C2)C1. The molecular formula is C25H34N8O4. The van der Waals surface area contributed by atoms with Crippen molar-refractivity contribution >= 4 is 23.7 Å². The van der Waals surface area contributed by atoms with Crippen molar-refractivity contribution in [2.24, 2.45) is 9.98 Å². The maximum atomic E-state index is 11.3. The Hall–Kier alpha value is -3.80. The molecule has 0 aliphatic carbocycles. The number of hydroxylamine groups is 1. The van der Waals surface area contributed by atoms with Crippen molar-refractivity contribution in [3.8, 4) is 11.6 Å². The second-order valence-corrected chi connectivity index (χ2v) is 9.12. The number of hydrogen-bond donors (Lipinski definition) is 3. The Kier molecular flexibility index (Phi) is 8.83. The Morgan fingerprint density at radius 3 is 2.95 bits per heavy atom. The molecule has 2 aromatic rings. The second kappa shape index (κ2) is 12.4. The Bertz CT molecular complexity index is 1140. The number of ether oxygens (including phenoxy) is 1. The van der Waals surface area contributed by atoms with Gasteiger partial charge in [-0.3, -0.25) is 10.1 Å². The molecule has 2 aliphatic rings. The van der Waals surface area contributed by atoms with Crippen LogP contribution in [0.5, 0.6) is 11.6 Å². The molecule has 2 aromatic heterocycles. The van der Waals surface area contributed by atoms with Gasteiger partial charge in [-0.15, -0.1) is 5.48 Å². The number of aliphatic imine (C=N–C) groups is 2. The molecule has 0 bridgehead atoms. The standard InChI is InChI=1S/C25H34N8O4/c1-4-36-20-9-7-11-26-22(20)37-32-18-8-5-6-13-33(15-18)21-14-16(2)28-25(30-21)31-24-27-12-10-19(29-24)17(3)23(34)35/h7,9-12,16-18,32H,4-6,8,13-15H2,1-3H3,(H,34,35)(H,27,28,29,31)/t16?,17?,18-/m1/s1. The summed E-state index contributed by atoms with van der Waals surface area (Å²) in [6.45, 7) is 7.68. The smallest absolute Gasteiger partial charge is 0.312 e. The number of pyridine rings is 1. The summed E-state index contributed by atoms with van der Waals surface area (Å²) in [6.07, 6.45) is 6.97.